The van der Waals surface area contributed by atoms with Gasteiger partial charge < -0.3 is 15.2 Å². The third-order valence-corrected chi connectivity index (χ3v) is 4.68. The average Bonchev–Trinajstić information content (AvgIpc) is 2.87. The Morgan fingerprint density at radius 1 is 1.09 bits per heavy atom. The quantitative estimate of drug-likeness (QED) is 0.802. The molecule has 5 heteroatoms. The minimum atomic E-state index is -1.15. The fourth-order valence-corrected chi connectivity index (χ4v) is 3.36. The average molecular weight is 324 g/mol. The zero-order valence-corrected chi connectivity index (χ0v) is 13.3. The molecule has 0 spiro atoms. The number of aryl methyl sites for hydroxylation is 1. The molecule has 2 aromatic carbocycles. The number of anilines is 1. The summed E-state index contributed by atoms with van der Waals surface area (Å²) in [5.74, 6) is -1.38. The van der Waals surface area contributed by atoms with Crippen molar-refractivity contribution in [3.05, 3.63) is 63.8 Å². The molecule has 0 aliphatic heterocycles. The molecule has 116 valence electrons. The molecule has 0 aliphatic carbocycles. The van der Waals surface area contributed by atoms with Crippen molar-refractivity contribution < 1.29 is 14.7 Å². The van der Waals surface area contributed by atoms with E-state index in [0.717, 1.165) is 15.6 Å². The number of fused-ring (bicyclic) bond motifs is 1. The van der Waals surface area contributed by atoms with Crippen LogP contribution in [0.2, 0.25) is 0 Å². The van der Waals surface area contributed by atoms with Gasteiger partial charge in [0.05, 0.1) is 4.88 Å². The molecule has 0 bridgehead atoms. The van der Waals surface area contributed by atoms with Crippen LogP contribution in [-0.4, -0.2) is 11.9 Å². The molecule has 23 heavy (non-hydrogen) atoms. The Morgan fingerprint density at radius 2 is 1.83 bits per heavy atom. The van der Waals surface area contributed by atoms with Crippen LogP contribution in [0, 0.1) is 6.92 Å². The molecule has 0 fully saturated rings. The van der Waals surface area contributed by atoms with Crippen LogP contribution < -0.4 is 10.4 Å². The van der Waals surface area contributed by atoms with E-state index in [4.69, 9.17) is 0 Å². The third kappa shape index (κ3) is 3.40. The van der Waals surface area contributed by atoms with Gasteiger partial charge in [0.15, 0.2) is 0 Å². The van der Waals surface area contributed by atoms with E-state index < -0.39 is 5.97 Å². The Morgan fingerprint density at radius 3 is 2.57 bits per heavy atom. The zero-order valence-electron chi connectivity index (χ0n) is 12.5. The van der Waals surface area contributed by atoms with Crippen LogP contribution in [0.15, 0.2) is 48.5 Å². The number of carboxylic acids is 1. The summed E-state index contributed by atoms with van der Waals surface area (Å²) < 4.78 is 0. The molecule has 0 aliphatic rings. The van der Waals surface area contributed by atoms with E-state index in [1.807, 2.05) is 42.5 Å². The first kappa shape index (κ1) is 15.2. The second kappa shape index (κ2) is 6.22. The number of carbonyl (C=O) groups is 2. The maximum absolute atomic E-state index is 12.3. The van der Waals surface area contributed by atoms with Crippen LogP contribution in [0.1, 0.15) is 20.1 Å². The lowest BCUT2D eigenvalue weighted by molar-refractivity contribution is -0.304. The SMILES string of the molecule is Cc1sc(C(=O)Nc2ccc3ccccc3c2)cc1CC(=O)[O-]. The molecule has 1 N–H and O–H groups in total. The van der Waals surface area contributed by atoms with E-state index in [1.165, 1.54) is 11.3 Å². The van der Waals surface area contributed by atoms with Crippen molar-refractivity contribution in [1.82, 2.24) is 0 Å². The summed E-state index contributed by atoms with van der Waals surface area (Å²) in [5.41, 5.74) is 1.33. The molecule has 0 saturated carbocycles. The summed E-state index contributed by atoms with van der Waals surface area (Å²) in [6, 6.07) is 15.2. The largest absolute Gasteiger partial charge is 0.550 e. The van der Waals surface area contributed by atoms with Gasteiger partial charge in [0.2, 0.25) is 0 Å². The molecule has 0 saturated heterocycles. The summed E-state index contributed by atoms with van der Waals surface area (Å²) in [6.07, 6.45) is -0.175. The topological polar surface area (TPSA) is 69.2 Å². The van der Waals surface area contributed by atoms with E-state index in [1.54, 1.807) is 13.0 Å². The van der Waals surface area contributed by atoms with Crippen LogP contribution in [0.25, 0.3) is 10.8 Å². The van der Waals surface area contributed by atoms with Crippen LogP contribution in [0.5, 0.6) is 0 Å². The fraction of sp³-hybridized carbons (Fsp3) is 0.111. The Hall–Kier alpha value is -2.66. The van der Waals surface area contributed by atoms with Crippen molar-refractivity contribution in [2.24, 2.45) is 0 Å². The molecule has 0 radical (unpaired) electrons. The van der Waals surface area contributed by atoms with Gasteiger partial charge in [-0.25, -0.2) is 0 Å². The monoisotopic (exact) mass is 324 g/mol. The van der Waals surface area contributed by atoms with Gasteiger partial charge in [0, 0.05) is 23.0 Å². The Bertz CT molecular complexity index is 898. The number of nitrogens with one attached hydrogen (secondary N) is 1. The molecule has 0 atom stereocenters. The number of carboxylic acid groups (broad SMARTS) is 1. The lowest BCUT2D eigenvalue weighted by Crippen LogP contribution is -2.24. The maximum Gasteiger partial charge on any atom is 0.265 e. The van der Waals surface area contributed by atoms with E-state index in [9.17, 15) is 14.7 Å². The number of carbonyl (C=O) groups excluding carboxylic acids is 2. The summed E-state index contributed by atoms with van der Waals surface area (Å²) in [7, 11) is 0. The molecule has 1 heterocycles. The van der Waals surface area contributed by atoms with Gasteiger partial charge in [-0.1, -0.05) is 30.3 Å². The minimum Gasteiger partial charge on any atom is -0.550 e. The number of hydrogen-bond acceptors (Lipinski definition) is 4. The first-order valence-corrected chi connectivity index (χ1v) is 7.94. The lowest BCUT2D eigenvalue weighted by Gasteiger charge is -2.05. The van der Waals surface area contributed by atoms with Crippen LogP contribution in [0.4, 0.5) is 5.69 Å². The lowest BCUT2D eigenvalue weighted by atomic mass is 10.1. The summed E-state index contributed by atoms with van der Waals surface area (Å²) in [6.45, 7) is 1.80. The predicted molar refractivity (Wildman–Crippen MR) is 89.7 cm³/mol. The first-order chi connectivity index (χ1) is 11.0. The summed E-state index contributed by atoms with van der Waals surface area (Å²) in [5, 5.41) is 15.7. The molecule has 0 unspecified atom stereocenters. The molecule has 1 aromatic heterocycles. The van der Waals surface area contributed by atoms with Crippen molar-refractivity contribution in [3.8, 4) is 0 Å². The van der Waals surface area contributed by atoms with Gasteiger partial charge in [0.25, 0.3) is 5.91 Å². The number of thiophene rings is 1. The van der Waals surface area contributed by atoms with E-state index in [0.29, 0.717) is 16.1 Å². The second-order valence-electron chi connectivity index (χ2n) is 5.26. The molecule has 3 rings (SSSR count). The van der Waals surface area contributed by atoms with Crippen molar-refractivity contribution in [1.29, 1.82) is 0 Å². The Labute approximate surface area is 137 Å². The number of amides is 1. The fourth-order valence-electron chi connectivity index (χ4n) is 2.42. The van der Waals surface area contributed by atoms with Gasteiger partial charge >= 0.3 is 0 Å². The molecule has 3 aromatic rings. The first-order valence-electron chi connectivity index (χ1n) is 7.12. The smallest absolute Gasteiger partial charge is 0.265 e. The highest BCUT2D eigenvalue weighted by atomic mass is 32.1. The van der Waals surface area contributed by atoms with Crippen molar-refractivity contribution in [3.63, 3.8) is 0 Å². The van der Waals surface area contributed by atoms with Crippen molar-refractivity contribution in [2.45, 2.75) is 13.3 Å². The standard InChI is InChI=1S/C18H15NO3S/c1-11-14(10-17(20)21)9-16(23-11)18(22)19-15-7-6-12-4-2-3-5-13(12)8-15/h2-9H,10H2,1H3,(H,19,22)(H,20,21)/p-1. The van der Waals surface area contributed by atoms with Crippen LogP contribution in [0.3, 0.4) is 0 Å². The summed E-state index contributed by atoms with van der Waals surface area (Å²) >= 11 is 1.28. The van der Waals surface area contributed by atoms with Crippen LogP contribution >= 0.6 is 11.3 Å². The van der Waals surface area contributed by atoms with Crippen molar-refractivity contribution >= 4 is 39.7 Å². The maximum atomic E-state index is 12.3. The minimum absolute atomic E-state index is 0.175. The normalized spacial score (nSPS) is 10.7. The van der Waals surface area contributed by atoms with Crippen molar-refractivity contribution in [2.75, 3.05) is 5.32 Å². The molecule has 1 amide bonds. The van der Waals surface area contributed by atoms with Gasteiger partial charge in [-0.05, 0) is 41.5 Å². The van der Waals surface area contributed by atoms with Gasteiger partial charge in [-0.3, -0.25) is 4.79 Å². The van der Waals surface area contributed by atoms with E-state index in [-0.39, 0.29) is 12.3 Å². The Balaban J connectivity index is 1.81. The van der Waals surface area contributed by atoms with Crippen LogP contribution in [-0.2, 0) is 11.2 Å². The highest BCUT2D eigenvalue weighted by molar-refractivity contribution is 7.14. The highest BCUT2D eigenvalue weighted by Gasteiger charge is 2.13. The summed E-state index contributed by atoms with van der Waals surface area (Å²) in [4.78, 5) is 24.4. The molecular weight excluding hydrogens is 310 g/mol. The van der Waals surface area contributed by atoms with E-state index in [2.05, 4.69) is 5.32 Å². The number of aliphatic carboxylic acids is 1. The molecular formula is C18H14NO3S-. The Kier molecular flexibility index (Phi) is 4.12. The number of hydrogen-bond donors (Lipinski definition) is 1. The highest BCUT2D eigenvalue weighted by Crippen LogP contribution is 2.24. The van der Waals surface area contributed by atoms with Gasteiger partial charge in [0.1, 0.15) is 0 Å². The zero-order chi connectivity index (χ0) is 16.4. The predicted octanol–water partition coefficient (Wildman–Crippen LogP) is 2.75. The third-order valence-electron chi connectivity index (χ3n) is 3.59. The second-order valence-corrected chi connectivity index (χ2v) is 6.51. The van der Waals surface area contributed by atoms with Gasteiger partial charge in [-0.15, -0.1) is 11.3 Å². The molecule has 4 nitrogen and oxygen atoms in total. The van der Waals surface area contributed by atoms with E-state index >= 15 is 0 Å². The number of benzene rings is 2. The number of rotatable bonds is 4. The van der Waals surface area contributed by atoms with Gasteiger partial charge in [-0.2, -0.15) is 0 Å².